The van der Waals surface area contributed by atoms with Gasteiger partial charge >= 0.3 is 0 Å². The molecular weight excluding hydrogens is 112 g/mol. The maximum atomic E-state index is 8.51. The molecule has 1 aliphatic carbocycles. The van der Waals surface area contributed by atoms with Crippen LogP contribution in [0.15, 0.2) is 12.2 Å². The third-order valence-corrected chi connectivity index (χ3v) is 1.88. The highest BCUT2D eigenvalue weighted by molar-refractivity contribution is 4.93. The van der Waals surface area contributed by atoms with Crippen molar-refractivity contribution in [3.63, 3.8) is 0 Å². The summed E-state index contributed by atoms with van der Waals surface area (Å²) in [6.45, 7) is 0.358. The van der Waals surface area contributed by atoms with Gasteiger partial charge in [0.1, 0.15) is 0 Å². The van der Waals surface area contributed by atoms with Crippen LogP contribution in [0.1, 0.15) is 25.7 Å². The lowest BCUT2D eigenvalue weighted by Crippen LogP contribution is -1.94. The molecule has 9 heavy (non-hydrogen) atoms. The van der Waals surface area contributed by atoms with Crippen molar-refractivity contribution in [2.24, 2.45) is 5.92 Å². The first-order valence-corrected chi connectivity index (χ1v) is 3.69. The SMILES string of the molecule is OCCCC1CC=CC1. The van der Waals surface area contributed by atoms with Gasteiger partial charge in [0, 0.05) is 6.61 Å². The molecule has 52 valence electrons. The molecule has 0 aromatic heterocycles. The van der Waals surface area contributed by atoms with Crippen molar-refractivity contribution in [3.8, 4) is 0 Å². The molecule has 1 rings (SSSR count). The fourth-order valence-corrected chi connectivity index (χ4v) is 1.29. The maximum Gasteiger partial charge on any atom is 0.0431 e. The van der Waals surface area contributed by atoms with E-state index in [1.807, 2.05) is 0 Å². The Morgan fingerprint density at radius 2 is 2.00 bits per heavy atom. The van der Waals surface area contributed by atoms with Crippen LogP contribution in [-0.4, -0.2) is 11.7 Å². The molecule has 0 fully saturated rings. The van der Waals surface area contributed by atoms with Crippen LogP contribution in [0.5, 0.6) is 0 Å². The van der Waals surface area contributed by atoms with Crippen LogP contribution in [-0.2, 0) is 0 Å². The van der Waals surface area contributed by atoms with E-state index in [9.17, 15) is 0 Å². The molecule has 0 aromatic rings. The van der Waals surface area contributed by atoms with Gasteiger partial charge in [0.25, 0.3) is 0 Å². The summed E-state index contributed by atoms with van der Waals surface area (Å²) in [7, 11) is 0. The first kappa shape index (κ1) is 6.81. The third kappa shape index (κ3) is 2.19. The number of rotatable bonds is 3. The summed E-state index contributed by atoms with van der Waals surface area (Å²) in [4.78, 5) is 0. The number of aliphatic hydroxyl groups is 1. The van der Waals surface area contributed by atoms with Crippen molar-refractivity contribution in [1.29, 1.82) is 0 Å². The number of aliphatic hydroxyl groups excluding tert-OH is 1. The fourth-order valence-electron chi connectivity index (χ4n) is 1.29. The monoisotopic (exact) mass is 126 g/mol. The van der Waals surface area contributed by atoms with Crippen molar-refractivity contribution < 1.29 is 5.11 Å². The molecule has 0 radical (unpaired) electrons. The third-order valence-electron chi connectivity index (χ3n) is 1.88. The van der Waals surface area contributed by atoms with E-state index < -0.39 is 0 Å². The van der Waals surface area contributed by atoms with E-state index in [0.717, 1.165) is 12.3 Å². The number of hydrogen-bond donors (Lipinski definition) is 1. The Labute approximate surface area is 56.4 Å². The Morgan fingerprint density at radius 1 is 1.33 bits per heavy atom. The lowest BCUT2D eigenvalue weighted by atomic mass is 10.0. The minimum atomic E-state index is 0.358. The average Bonchev–Trinajstić information content (AvgIpc) is 2.34. The highest BCUT2D eigenvalue weighted by Crippen LogP contribution is 2.21. The predicted molar refractivity (Wildman–Crippen MR) is 38.2 cm³/mol. The van der Waals surface area contributed by atoms with Crippen molar-refractivity contribution in [3.05, 3.63) is 12.2 Å². The first-order chi connectivity index (χ1) is 4.43. The summed E-state index contributed by atoms with van der Waals surface area (Å²) in [5, 5.41) is 8.51. The number of allylic oxidation sites excluding steroid dienone is 2. The Morgan fingerprint density at radius 3 is 2.56 bits per heavy atom. The van der Waals surface area contributed by atoms with E-state index >= 15 is 0 Å². The summed E-state index contributed by atoms with van der Waals surface area (Å²) in [5.74, 6) is 0.845. The van der Waals surface area contributed by atoms with Gasteiger partial charge in [-0.2, -0.15) is 0 Å². The van der Waals surface area contributed by atoms with E-state index in [1.165, 1.54) is 19.3 Å². The quantitative estimate of drug-likeness (QED) is 0.571. The van der Waals surface area contributed by atoms with Gasteiger partial charge in [-0.05, 0) is 31.6 Å². The smallest absolute Gasteiger partial charge is 0.0431 e. The lowest BCUT2D eigenvalue weighted by Gasteiger charge is -2.05. The summed E-state index contributed by atoms with van der Waals surface area (Å²) >= 11 is 0. The average molecular weight is 126 g/mol. The second-order valence-corrected chi connectivity index (χ2v) is 2.67. The topological polar surface area (TPSA) is 20.2 Å². The van der Waals surface area contributed by atoms with Crippen LogP contribution in [0.4, 0.5) is 0 Å². The van der Waals surface area contributed by atoms with E-state index in [2.05, 4.69) is 12.2 Å². The van der Waals surface area contributed by atoms with Gasteiger partial charge in [0.05, 0.1) is 0 Å². The maximum absolute atomic E-state index is 8.51. The van der Waals surface area contributed by atoms with E-state index in [4.69, 9.17) is 5.11 Å². The first-order valence-electron chi connectivity index (χ1n) is 3.69. The van der Waals surface area contributed by atoms with Crippen LogP contribution in [0.2, 0.25) is 0 Å². The molecule has 1 aliphatic rings. The van der Waals surface area contributed by atoms with Gasteiger partial charge in [0.2, 0.25) is 0 Å². The molecule has 0 amide bonds. The van der Waals surface area contributed by atoms with E-state index in [-0.39, 0.29) is 0 Å². The molecule has 0 aliphatic heterocycles. The van der Waals surface area contributed by atoms with Crippen LogP contribution in [0, 0.1) is 5.92 Å². The molecule has 1 heteroatoms. The second-order valence-electron chi connectivity index (χ2n) is 2.67. The van der Waals surface area contributed by atoms with Crippen molar-refractivity contribution in [2.75, 3.05) is 6.61 Å². The van der Waals surface area contributed by atoms with Gasteiger partial charge in [-0.25, -0.2) is 0 Å². The molecule has 0 saturated heterocycles. The molecule has 0 bridgehead atoms. The molecule has 1 N–H and O–H groups in total. The van der Waals surface area contributed by atoms with Crippen LogP contribution in [0.25, 0.3) is 0 Å². The van der Waals surface area contributed by atoms with Crippen molar-refractivity contribution in [2.45, 2.75) is 25.7 Å². The zero-order valence-corrected chi connectivity index (χ0v) is 5.71. The van der Waals surface area contributed by atoms with Crippen LogP contribution < -0.4 is 0 Å². The Balaban J connectivity index is 2.01. The Hall–Kier alpha value is -0.300. The number of hydrogen-bond acceptors (Lipinski definition) is 1. The van der Waals surface area contributed by atoms with Gasteiger partial charge < -0.3 is 5.11 Å². The highest BCUT2D eigenvalue weighted by Gasteiger charge is 2.08. The zero-order chi connectivity index (χ0) is 6.53. The summed E-state index contributed by atoms with van der Waals surface area (Å²) in [6, 6.07) is 0. The fraction of sp³-hybridized carbons (Fsp3) is 0.750. The normalized spacial score (nSPS) is 19.2. The molecular formula is C8H14O. The van der Waals surface area contributed by atoms with Crippen molar-refractivity contribution >= 4 is 0 Å². The minimum Gasteiger partial charge on any atom is -0.396 e. The second kappa shape index (κ2) is 3.67. The Kier molecular flexibility index (Phi) is 2.78. The standard InChI is InChI=1S/C8H14O/c9-7-3-6-8-4-1-2-5-8/h1-2,8-9H,3-7H2. The lowest BCUT2D eigenvalue weighted by molar-refractivity contribution is 0.273. The van der Waals surface area contributed by atoms with Gasteiger partial charge in [0.15, 0.2) is 0 Å². The van der Waals surface area contributed by atoms with E-state index in [0.29, 0.717) is 6.61 Å². The van der Waals surface area contributed by atoms with Crippen molar-refractivity contribution in [1.82, 2.24) is 0 Å². The molecule has 0 unspecified atom stereocenters. The van der Waals surface area contributed by atoms with E-state index in [1.54, 1.807) is 0 Å². The van der Waals surface area contributed by atoms with Gasteiger partial charge in [-0.1, -0.05) is 12.2 Å². The molecule has 0 spiro atoms. The summed E-state index contributed by atoms with van der Waals surface area (Å²) < 4.78 is 0. The predicted octanol–water partition coefficient (Wildman–Crippen LogP) is 1.73. The zero-order valence-electron chi connectivity index (χ0n) is 5.71. The molecule has 0 heterocycles. The molecule has 1 nitrogen and oxygen atoms in total. The summed E-state index contributed by atoms with van der Waals surface area (Å²) in [6.07, 6.45) is 9.12. The molecule has 0 aromatic carbocycles. The van der Waals surface area contributed by atoms with Crippen LogP contribution in [0.3, 0.4) is 0 Å². The Bertz CT molecular complexity index is 88.7. The van der Waals surface area contributed by atoms with Gasteiger partial charge in [-0.3, -0.25) is 0 Å². The summed E-state index contributed by atoms with van der Waals surface area (Å²) in [5.41, 5.74) is 0. The molecule has 0 atom stereocenters. The largest absolute Gasteiger partial charge is 0.396 e. The highest BCUT2D eigenvalue weighted by atomic mass is 16.2. The van der Waals surface area contributed by atoms with Crippen LogP contribution >= 0.6 is 0 Å². The van der Waals surface area contributed by atoms with Gasteiger partial charge in [-0.15, -0.1) is 0 Å². The molecule has 0 saturated carbocycles. The minimum absolute atomic E-state index is 0.358.